The molecule has 3 heteroatoms. The zero-order chi connectivity index (χ0) is 9.84. The second kappa shape index (κ2) is 4.42. The van der Waals surface area contributed by atoms with Gasteiger partial charge in [-0.1, -0.05) is 22.0 Å². The van der Waals surface area contributed by atoms with Gasteiger partial charge in [0.1, 0.15) is 0 Å². The molecule has 1 aromatic rings. The van der Waals surface area contributed by atoms with Crippen LogP contribution in [0.2, 0.25) is 0 Å². The van der Waals surface area contributed by atoms with E-state index in [1.165, 1.54) is 11.1 Å². The molecule has 0 amide bonds. The fourth-order valence-corrected chi connectivity index (χ4v) is 1.43. The van der Waals surface area contributed by atoms with Crippen LogP contribution >= 0.6 is 15.9 Å². The molecule has 0 aliphatic carbocycles. The van der Waals surface area contributed by atoms with Gasteiger partial charge in [-0.05, 0) is 37.1 Å². The van der Waals surface area contributed by atoms with Gasteiger partial charge in [0.2, 0.25) is 0 Å². The molecule has 0 saturated carbocycles. The summed E-state index contributed by atoms with van der Waals surface area (Å²) in [6.45, 7) is 4.53. The van der Waals surface area contributed by atoms with E-state index >= 15 is 0 Å². The van der Waals surface area contributed by atoms with E-state index in [0.29, 0.717) is 12.4 Å². The van der Waals surface area contributed by atoms with Crippen LogP contribution in [0.5, 0.6) is 0 Å². The number of aliphatic imine (C=N–C) groups is 1. The molecule has 1 aromatic carbocycles. The first-order chi connectivity index (χ1) is 6.09. The zero-order valence-electron chi connectivity index (χ0n) is 7.84. The molecule has 13 heavy (non-hydrogen) atoms. The van der Waals surface area contributed by atoms with Crippen LogP contribution in [-0.4, -0.2) is 5.84 Å². The Balaban J connectivity index is 2.87. The van der Waals surface area contributed by atoms with Crippen molar-refractivity contribution in [2.24, 2.45) is 10.7 Å². The Morgan fingerprint density at radius 1 is 1.54 bits per heavy atom. The van der Waals surface area contributed by atoms with E-state index in [2.05, 4.69) is 40.0 Å². The fourth-order valence-electron chi connectivity index (χ4n) is 1.02. The third kappa shape index (κ3) is 3.19. The molecule has 0 radical (unpaired) electrons. The van der Waals surface area contributed by atoms with Crippen LogP contribution in [0.15, 0.2) is 27.7 Å². The molecular weight excluding hydrogens is 228 g/mol. The predicted molar refractivity (Wildman–Crippen MR) is 59.9 cm³/mol. The third-order valence-corrected chi connectivity index (χ3v) is 2.30. The molecule has 70 valence electrons. The summed E-state index contributed by atoms with van der Waals surface area (Å²) in [5, 5.41) is 0. The molecule has 0 aliphatic rings. The van der Waals surface area contributed by atoms with E-state index in [0.717, 1.165) is 4.47 Å². The van der Waals surface area contributed by atoms with Gasteiger partial charge in [0.05, 0.1) is 12.4 Å². The number of hydrogen-bond donors (Lipinski definition) is 1. The van der Waals surface area contributed by atoms with Crippen LogP contribution in [0, 0.1) is 6.92 Å². The van der Waals surface area contributed by atoms with Crippen molar-refractivity contribution in [1.29, 1.82) is 0 Å². The first kappa shape index (κ1) is 10.3. The second-order valence-corrected chi connectivity index (χ2v) is 3.94. The monoisotopic (exact) mass is 240 g/mol. The number of nitrogens with two attached hydrogens (primary N) is 1. The highest BCUT2D eigenvalue weighted by molar-refractivity contribution is 9.10. The van der Waals surface area contributed by atoms with E-state index in [9.17, 15) is 0 Å². The lowest BCUT2D eigenvalue weighted by molar-refractivity contribution is 1.04. The molecule has 0 spiro atoms. The first-order valence-corrected chi connectivity index (χ1v) is 4.90. The smallest absolute Gasteiger partial charge is 0.0909 e. The SMILES string of the molecule is CC(N)=NCc1cc(Br)ccc1C. The van der Waals surface area contributed by atoms with E-state index < -0.39 is 0 Å². The zero-order valence-corrected chi connectivity index (χ0v) is 9.43. The fraction of sp³-hybridized carbons (Fsp3) is 0.300. The molecular formula is C10H13BrN2. The topological polar surface area (TPSA) is 38.4 Å². The standard InChI is InChI=1S/C10H13BrN2/c1-7-3-4-10(11)5-9(7)6-13-8(2)12/h3-5H,6H2,1-2H3,(H2,12,13). The van der Waals surface area contributed by atoms with Gasteiger partial charge in [-0.15, -0.1) is 0 Å². The number of benzene rings is 1. The minimum Gasteiger partial charge on any atom is -0.388 e. The molecule has 2 nitrogen and oxygen atoms in total. The van der Waals surface area contributed by atoms with E-state index in [4.69, 9.17) is 5.73 Å². The molecule has 2 N–H and O–H groups in total. The van der Waals surface area contributed by atoms with E-state index in [1.807, 2.05) is 6.07 Å². The summed E-state index contributed by atoms with van der Waals surface area (Å²) >= 11 is 3.42. The van der Waals surface area contributed by atoms with Crippen molar-refractivity contribution in [3.05, 3.63) is 33.8 Å². The molecule has 0 heterocycles. The highest BCUT2D eigenvalue weighted by atomic mass is 79.9. The van der Waals surface area contributed by atoms with E-state index in [1.54, 1.807) is 6.92 Å². The number of halogens is 1. The summed E-state index contributed by atoms with van der Waals surface area (Å²) in [6, 6.07) is 6.17. The van der Waals surface area contributed by atoms with Gasteiger partial charge in [0, 0.05) is 4.47 Å². The molecule has 0 aromatic heterocycles. The predicted octanol–water partition coefficient (Wildman–Crippen LogP) is 2.63. The number of amidine groups is 1. The summed E-state index contributed by atoms with van der Waals surface area (Å²) in [4.78, 5) is 4.17. The Morgan fingerprint density at radius 2 is 2.23 bits per heavy atom. The maximum absolute atomic E-state index is 5.47. The van der Waals surface area contributed by atoms with Crippen LogP contribution in [0.4, 0.5) is 0 Å². The third-order valence-electron chi connectivity index (χ3n) is 1.81. The lowest BCUT2D eigenvalue weighted by atomic mass is 10.1. The van der Waals surface area contributed by atoms with Crippen molar-refractivity contribution in [3.63, 3.8) is 0 Å². The Morgan fingerprint density at radius 3 is 2.85 bits per heavy atom. The lowest BCUT2D eigenvalue weighted by Gasteiger charge is -2.03. The van der Waals surface area contributed by atoms with Crippen LogP contribution in [0.3, 0.4) is 0 Å². The van der Waals surface area contributed by atoms with Crippen LogP contribution in [0.25, 0.3) is 0 Å². The number of hydrogen-bond acceptors (Lipinski definition) is 1. The highest BCUT2D eigenvalue weighted by Crippen LogP contribution is 2.16. The Hall–Kier alpha value is -0.830. The van der Waals surface area contributed by atoms with Gasteiger partial charge in [-0.25, -0.2) is 0 Å². The highest BCUT2D eigenvalue weighted by Gasteiger charge is 1.97. The largest absolute Gasteiger partial charge is 0.388 e. The summed E-state index contributed by atoms with van der Waals surface area (Å²) in [7, 11) is 0. The summed E-state index contributed by atoms with van der Waals surface area (Å²) in [5.41, 5.74) is 7.92. The Kier molecular flexibility index (Phi) is 3.48. The Labute approximate surface area is 87.0 Å². The molecule has 0 atom stereocenters. The van der Waals surface area contributed by atoms with Gasteiger partial charge in [-0.3, -0.25) is 4.99 Å². The van der Waals surface area contributed by atoms with Crippen molar-refractivity contribution in [1.82, 2.24) is 0 Å². The van der Waals surface area contributed by atoms with Crippen LogP contribution in [0.1, 0.15) is 18.1 Å². The van der Waals surface area contributed by atoms with Crippen molar-refractivity contribution >= 4 is 21.8 Å². The number of nitrogens with zero attached hydrogens (tertiary/aromatic N) is 1. The maximum atomic E-state index is 5.47. The van der Waals surface area contributed by atoms with Gasteiger partial charge >= 0.3 is 0 Å². The number of aryl methyl sites for hydroxylation is 1. The summed E-state index contributed by atoms with van der Waals surface area (Å²) in [5.74, 6) is 0.624. The minimum atomic E-state index is 0.624. The average molecular weight is 241 g/mol. The average Bonchev–Trinajstić information content (AvgIpc) is 2.06. The molecule has 0 saturated heterocycles. The maximum Gasteiger partial charge on any atom is 0.0909 e. The molecule has 0 aliphatic heterocycles. The van der Waals surface area contributed by atoms with Crippen molar-refractivity contribution in [3.8, 4) is 0 Å². The number of rotatable bonds is 2. The van der Waals surface area contributed by atoms with Crippen LogP contribution < -0.4 is 5.73 Å². The van der Waals surface area contributed by atoms with Gasteiger partial charge in [0.25, 0.3) is 0 Å². The molecule has 0 bridgehead atoms. The first-order valence-electron chi connectivity index (χ1n) is 4.11. The lowest BCUT2D eigenvalue weighted by Crippen LogP contribution is -2.05. The van der Waals surface area contributed by atoms with Crippen molar-refractivity contribution in [2.45, 2.75) is 20.4 Å². The second-order valence-electron chi connectivity index (χ2n) is 3.03. The normalized spacial score (nSPS) is 11.8. The van der Waals surface area contributed by atoms with Gasteiger partial charge < -0.3 is 5.73 Å². The van der Waals surface area contributed by atoms with E-state index in [-0.39, 0.29) is 0 Å². The minimum absolute atomic E-state index is 0.624. The van der Waals surface area contributed by atoms with Gasteiger partial charge in [-0.2, -0.15) is 0 Å². The molecule has 0 unspecified atom stereocenters. The van der Waals surface area contributed by atoms with Crippen molar-refractivity contribution in [2.75, 3.05) is 0 Å². The van der Waals surface area contributed by atoms with Gasteiger partial charge in [0.15, 0.2) is 0 Å². The summed E-state index contributed by atoms with van der Waals surface area (Å²) in [6.07, 6.45) is 0. The molecule has 1 rings (SSSR count). The Bertz CT molecular complexity index is 328. The summed E-state index contributed by atoms with van der Waals surface area (Å²) < 4.78 is 1.08. The molecule has 0 fully saturated rings. The quantitative estimate of drug-likeness (QED) is 0.627. The van der Waals surface area contributed by atoms with Crippen LogP contribution in [-0.2, 0) is 6.54 Å². The van der Waals surface area contributed by atoms with Crippen molar-refractivity contribution < 1.29 is 0 Å².